The highest BCUT2D eigenvalue weighted by Gasteiger charge is 2.10. The fourth-order valence-corrected chi connectivity index (χ4v) is 1.44. The maximum atomic E-state index is 13.3. The van der Waals surface area contributed by atoms with E-state index in [2.05, 4.69) is 13.8 Å². The second-order valence-corrected chi connectivity index (χ2v) is 4.10. The van der Waals surface area contributed by atoms with Gasteiger partial charge in [0.05, 0.1) is 0 Å². The highest BCUT2D eigenvalue weighted by Crippen LogP contribution is 2.20. The van der Waals surface area contributed by atoms with Crippen LogP contribution in [0.25, 0.3) is 0 Å². The van der Waals surface area contributed by atoms with Gasteiger partial charge in [0.2, 0.25) is 0 Å². The van der Waals surface area contributed by atoms with E-state index in [1.165, 1.54) is 6.07 Å². The van der Waals surface area contributed by atoms with Crippen LogP contribution in [0.5, 0.6) is 0 Å². The average molecular weight is 195 g/mol. The highest BCUT2D eigenvalue weighted by molar-refractivity contribution is 5.20. The number of benzene rings is 1. The van der Waals surface area contributed by atoms with E-state index >= 15 is 0 Å². The molecule has 0 aliphatic carbocycles. The molecule has 1 rings (SSSR count). The lowest BCUT2D eigenvalue weighted by atomic mass is 9.98. The van der Waals surface area contributed by atoms with E-state index in [1.54, 1.807) is 12.1 Å². The minimum Gasteiger partial charge on any atom is -0.324 e. The molecule has 0 saturated carbocycles. The molecule has 78 valence electrons. The molecule has 0 fully saturated rings. The molecule has 0 aliphatic rings. The minimum absolute atomic E-state index is 0.168. The molecular weight excluding hydrogens is 177 g/mol. The standard InChI is InChI=1S/C12H18FN/c1-9(2)7-8-12(14)10-5-3-4-6-11(10)13/h3-6,9,12H,7-8,14H2,1-2H3. The molecule has 1 nitrogen and oxygen atoms in total. The van der Waals surface area contributed by atoms with Crippen LogP contribution in [0, 0.1) is 11.7 Å². The summed E-state index contributed by atoms with van der Waals surface area (Å²) in [5, 5.41) is 0. The molecule has 0 heterocycles. The topological polar surface area (TPSA) is 26.0 Å². The molecule has 2 heteroatoms. The van der Waals surface area contributed by atoms with Crippen molar-refractivity contribution in [1.29, 1.82) is 0 Å². The largest absolute Gasteiger partial charge is 0.324 e. The molecule has 0 saturated heterocycles. The van der Waals surface area contributed by atoms with E-state index in [0.29, 0.717) is 11.5 Å². The van der Waals surface area contributed by atoms with Gasteiger partial charge in [0.15, 0.2) is 0 Å². The first kappa shape index (κ1) is 11.2. The van der Waals surface area contributed by atoms with Gasteiger partial charge in [-0.2, -0.15) is 0 Å². The van der Waals surface area contributed by atoms with Gasteiger partial charge in [-0.1, -0.05) is 32.0 Å². The smallest absolute Gasteiger partial charge is 0.127 e. The maximum Gasteiger partial charge on any atom is 0.127 e. The zero-order valence-corrected chi connectivity index (χ0v) is 8.83. The molecule has 0 spiro atoms. The van der Waals surface area contributed by atoms with Gasteiger partial charge in [0.1, 0.15) is 5.82 Å². The fourth-order valence-electron chi connectivity index (χ4n) is 1.44. The summed E-state index contributed by atoms with van der Waals surface area (Å²) in [7, 11) is 0. The van der Waals surface area contributed by atoms with Crippen molar-refractivity contribution in [2.45, 2.75) is 32.7 Å². The first-order valence-corrected chi connectivity index (χ1v) is 5.11. The van der Waals surface area contributed by atoms with Crippen LogP contribution in [0.3, 0.4) is 0 Å². The Kier molecular flexibility index (Phi) is 4.08. The van der Waals surface area contributed by atoms with Crippen LogP contribution < -0.4 is 5.73 Å². The zero-order valence-electron chi connectivity index (χ0n) is 8.83. The lowest BCUT2D eigenvalue weighted by Gasteiger charge is -2.13. The van der Waals surface area contributed by atoms with Crippen LogP contribution in [0.4, 0.5) is 4.39 Å². The first-order valence-electron chi connectivity index (χ1n) is 5.11. The molecule has 14 heavy (non-hydrogen) atoms. The summed E-state index contributed by atoms with van der Waals surface area (Å²) in [6, 6.07) is 6.57. The van der Waals surface area contributed by atoms with Gasteiger partial charge < -0.3 is 5.73 Å². The zero-order chi connectivity index (χ0) is 10.6. The van der Waals surface area contributed by atoms with E-state index in [-0.39, 0.29) is 11.9 Å². The molecule has 1 aromatic carbocycles. The predicted octanol–water partition coefficient (Wildman–Crippen LogP) is 3.26. The van der Waals surface area contributed by atoms with E-state index < -0.39 is 0 Å². The summed E-state index contributed by atoms with van der Waals surface area (Å²) in [5.41, 5.74) is 6.54. The molecular formula is C12H18FN. The Balaban J connectivity index is 2.60. The molecule has 2 N–H and O–H groups in total. The Morgan fingerprint density at radius 3 is 2.43 bits per heavy atom. The van der Waals surface area contributed by atoms with Gasteiger partial charge in [-0.15, -0.1) is 0 Å². The number of rotatable bonds is 4. The van der Waals surface area contributed by atoms with Crippen LogP contribution in [0.2, 0.25) is 0 Å². The van der Waals surface area contributed by atoms with Crippen LogP contribution in [-0.4, -0.2) is 0 Å². The number of hydrogen-bond acceptors (Lipinski definition) is 1. The molecule has 0 amide bonds. The maximum absolute atomic E-state index is 13.3. The third-order valence-corrected chi connectivity index (χ3v) is 2.36. The molecule has 1 atom stereocenters. The van der Waals surface area contributed by atoms with E-state index in [1.807, 2.05) is 6.07 Å². The molecule has 0 bridgehead atoms. The SMILES string of the molecule is CC(C)CCC(N)c1ccccc1F. The van der Waals surface area contributed by atoms with Gasteiger partial charge >= 0.3 is 0 Å². The average Bonchev–Trinajstić information content (AvgIpc) is 2.15. The Bertz CT molecular complexity index is 283. The lowest BCUT2D eigenvalue weighted by molar-refractivity contribution is 0.491. The van der Waals surface area contributed by atoms with Gasteiger partial charge in [-0.3, -0.25) is 0 Å². The van der Waals surface area contributed by atoms with Crippen molar-refractivity contribution in [2.75, 3.05) is 0 Å². The summed E-state index contributed by atoms with van der Waals surface area (Å²) >= 11 is 0. The van der Waals surface area contributed by atoms with Gasteiger partial charge in [-0.05, 0) is 24.8 Å². The van der Waals surface area contributed by atoms with Crippen molar-refractivity contribution in [3.05, 3.63) is 35.6 Å². The van der Waals surface area contributed by atoms with Crippen molar-refractivity contribution < 1.29 is 4.39 Å². The van der Waals surface area contributed by atoms with E-state index in [0.717, 1.165) is 12.8 Å². The Morgan fingerprint density at radius 1 is 1.21 bits per heavy atom. The summed E-state index contributed by atoms with van der Waals surface area (Å²) in [6.45, 7) is 4.29. The minimum atomic E-state index is -0.191. The van der Waals surface area contributed by atoms with Crippen LogP contribution in [0.1, 0.15) is 38.3 Å². The van der Waals surface area contributed by atoms with E-state index in [4.69, 9.17) is 5.73 Å². The quantitative estimate of drug-likeness (QED) is 0.784. The predicted molar refractivity (Wildman–Crippen MR) is 57.4 cm³/mol. The summed E-state index contributed by atoms with van der Waals surface area (Å²) in [6.07, 6.45) is 1.88. The molecule has 0 radical (unpaired) electrons. The van der Waals surface area contributed by atoms with Crippen molar-refractivity contribution >= 4 is 0 Å². The van der Waals surface area contributed by atoms with Crippen LogP contribution in [0.15, 0.2) is 24.3 Å². The normalized spacial score (nSPS) is 13.2. The fraction of sp³-hybridized carbons (Fsp3) is 0.500. The van der Waals surface area contributed by atoms with Crippen molar-refractivity contribution in [3.8, 4) is 0 Å². The molecule has 1 unspecified atom stereocenters. The second-order valence-electron chi connectivity index (χ2n) is 4.10. The van der Waals surface area contributed by atoms with Gasteiger partial charge in [0, 0.05) is 11.6 Å². The van der Waals surface area contributed by atoms with Crippen molar-refractivity contribution in [1.82, 2.24) is 0 Å². The third kappa shape index (κ3) is 3.11. The number of halogens is 1. The van der Waals surface area contributed by atoms with Crippen molar-refractivity contribution in [3.63, 3.8) is 0 Å². The Labute approximate surface area is 85.1 Å². The first-order chi connectivity index (χ1) is 6.61. The molecule has 0 aliphatic heterocycles. The molecule has 0 aromatic heterocycles. The Morgan fingerprint density at radius 2 is 1.86 bits per heavy atom. The second kappa shape index (κ2) is 5.11. The summed E-state index contributed by atoms with van der Waals surface area (Å²) in [5.74, 6) is 0.427. The number of nitrogens with two attached hydrogens (primary N) is 1. The highest BCUT2D eigenvalue weighted by atomic mass is 19.1. The van der Waals surface area contributed by atoms with Gasteiger partial charge in [0.25, 0.3) is 0 Å². The third-order valence-electron chi connectivity index (χ3n) is 2.36. The molecule has 1 aromatic rings. The Hall–Kier alpha value is -0.890. The van der Waals surface area contributed by atoms with E-state index in [9.17, 15) is 4.39 Å². The summed E-state index contributed by atoms with van der Waals surface area (Å²) < 4.78 is 13.3. The van der Waals surface area contributed by atoms with Gasteiger partial charge in [-0.25, -0.2) is 4.39 Å². The van der Waals surface area contributed by atoms with Crippen LogP contribution >= 0.6 is 0 Å². The van der Waals surface area contributed by atoms with Crippen molar-refractivity contribution in [2.24, 2.45) is 11.7 Å². The number of hydrogen-bond donors (Lipinski definition) is 1. The lowest BCUT2D eigenvalue weighted by Crippen LogP contribution is -2.12. The van der Waals surface area contributed by atoms with Crippen LogP contribution in [-0.2, 0) is 0 Å². The summed E-state index contributed by atoms with van der Waals surface area (Å²) in [4.78, 5) is 0. The monoisotopic (exact) mass is 195 g/mol.